The fraction of sp³-hybridized carbons (Fsp3) is 0.389. The first kappa shape index (κ1) is 17.0. The van der Waals surface area contributed by atoms with E-state index in [1.807, 2.05) is 49.7 Å². The maximum Gasteiger partial charge on any atom is 0.213 e. The number of hydrogen-bond donors (Lipinski definition) is 0. The van der Waals surface area contributed by atoms with Crippen LogP contribution in [0.25, 0.3) is 5.70 Å². The number of unbranched alkanes of at least 4 members (excludes halogenated alkanes) is 2. The third-order valence-electron chi connectivity index (χ3n) is 3.25. The molecule has 1 rings (SSSR count). The summed E-state index contributed by atoms with van der Waals surface area (Å²) in [5.41, 5.74) is 2.13. The zero-order valence-electron chi connectivity index (χ0n) is 13.3. The molecule has 1 aromatic heterocycles. The Morgan fingerprint density at radius 1 is 1.33 bits per heavy atom. The molecule has 0 unspecified atom stereocenters. The molecule has 0 atom stereocenters. The highest BCUT2D eigenvalue weighted by molar-refractivity contribution is 5.62. The molecule has 0 aliphatic carbocycles. The first-order valence-corrected chi connectivity index (χ1v) is 7.59. The lowest BCUT2D eigenvalue weighted by molar-refractivity contribution is -0.115. The van der Waals surface area contributed by atoms with Gasteiger partial charge in [0.25, 0.3) is 0 Å². The van der Waals surface area contributed by atoms with Crippen molar-refractivity contribution in [2.24, 2.45) is 0 Å². The molecule has 0 saturated heterocycles. The van der Waals surface area contributed by atoms with Gasteiger partial charge in [0, 0.05) is 24.6 Å². The number of allylic oxidation sites excluding steroid dienone is 5. The van der Waals surface area contributed by atoms with Crippen LogP contribution in [0.2, 0.25) is 0 Å². The molecule has 0 aliphatic heterocycles. The summed E-state index contributed by atoms with van der Waals surface area (Å²) in [6.07, 6.45) is 16.1. The van der Waals surface area contributed by atoms with Gasteiger partial charge in [-0.3, -0.25) is 4.79 Å². The minimum absolute atomic E-state index is 0.763. The third-order valence-corrected chi connectivity index (χ3v) is 3.25. The van der Waals surface area contributed by atoms with Gasteiger partial charge in [0.2, 0.25) is 6.41 Å². The number of aryl methyl sites for hydroxylation is 1. The highest BCUT2D eigenvalue weighted by Crippen LogP contribution is 2.13. The van der Waals surface area contributed by atoms with Crippen LogP contribution < -0.4 is 0 Å². The quantitative estimate of drug-likeness (QED) is 0.376. The second-order valence-corrected chi connectivity index (χ2v) is 5.01. The molecule has 0 radical (unpaired) electrons. The van der Waals surface area contributed by atoms with Crippen LogP contribution >= 0.6 is 0 Å². The van der Waals surface area contributed by atoms with Gasteiger partial charge in [0.05, 0.1) is 5.70 Å². The predicted octanol–water partition coefficient (Wildman–Crippen LogP) is 4.38. The van der Waals surface area contributed by atoms with Crippen molar-refractivity contribution in [3.05, 3.63) is 54.5 Å². The normalized spacial score (nSPS) is 12.4. The summed E-state index contributed by atoms with van der Waals surface area (Å²) >= 11 is 0. The Hall–Kier alpha value is -2.03. The van der Waals surface area contributed by atoms with Gasteiger partial charge in [-0.2, -0.15) is 0 Å². The van der Waals surface area contributed by atoms with Crippen molar-refractivity contribution < 1.29 is 4.79 Å². The fourth-order valence-corrected chi connectivity index (χ4v) is 2.07. The van der Waals surface area contributed by atoms with Crippen LogP contribution in [0.4, 0.5) is 0 Å². The smallest absolute Gasteiger partial charge is 0.213 e. The van der Waals surface area contributed by atoms with E-state index in [4.69, 9.17) is 0 Å². The van der Waals surface area contributed by atoms with Crippen molar-refractivity contribution in [3.63, 3.8) is 0 Å². The first-order valence-electron chi connectivity index (χ1n) is 7.59. The lowest BCUT2D eigenvalue weighted by atomic mass is 10.2. The minimum Gasteiger partial charge on any atom is -0.320 e. The molecule has 0 aliphatic rings. The largest absolute Gasteiger partial charge is 0.320 e. The van der Waals surface area contributed by atoms with Crippen LogP contribution in [0.5, 0.6) is 0 Å². The average Bonchev–Trinajstić information content (AvgIpc) is 2.91. The summed E-state index contributed by atoms with van der Waals surface area (Å²) in [6.45, 7) is 6.96. The Labute approximate surface area is 128 Å². The number of carbonyl (C=O) groups is 1. The molecular formula is C18H26N2O. The molecule has 0 fully saturated rings. The summed E-state index contributed by atoms with van der Waals surface area (Å²) in [5.74, 6) is 0. The van der Waals surface area contributed by atoms with E-state index in [1.165, 1.54) is 0 Å². The van der Waals surface area contributed by atoms with Crippen molar-refractivity contribution in [2.45, 2.75) is 40.0 Å². The van der Waals surface area contributed by atoms with Gasteiger partial charge in [-0.25, -0.2) is 0 Å². The SMILES string of the molecule is C\C=C/C=C\C(=C\N(C=O)CCCCC)n1cccc1C. The Morgan fingerprint density at radius 3 is 2.71 bits per heavy atom. The predicted molar refractivity (Wildman–Crippen MR) is 89.7 cm³/mol. The number of carbonyl (C=O) groups excluding carboxylic acids is 1. The summed E-state index contributed by atoms with van der Waals surface area (Å²) in [6, 6.07) is 4.06. The van der Waals surface area contributed by atoms with Crippen LogP contribution in [0.3, 0.4) is 0 Å². The standard InChI is InChI=1S/C18H26N2O/c1-4-6-8-12-18(20-14-10-11-17(20)3)15-19(16-21)13-9-7-5-2/h4,6,8,10-12,14-16H,5,7,9,13H2,1-3H3/b6-4-,12-8-,18-15-. The molecule has 0 aromatic carbocycles. The van der Waals surface area contributed by atoms with Gasteiger partial charge in [0.15, 0.2) is 0 Å². The molecule has 1 aromatic rings. The highest BCUT2D eigenvalue weighted by Gasteiger charge is 2.03. The van der Waals surface area contributed by atoms with Crippen molar-refractivity contribution >= 4 is 12.1 Å². The second kappa shape index (κ2) is 9.81. The fourth-order valence-electron chi connectivity index (χ4n) is 2.07. The van der Waals surface area contributed by atoms with Gasteiger partial charge in [0.1, 0.15) is 0 Å². The molecule has 0 bridgehead atoms. The van der Waals surface area contributed by atoms with E-state index in [0.717, 1.165) is 43.6 Å². The Kier molecular flexibility index (Phi) is 7.95. The topological polar surface area (TPSA) is 25.2 Å². The Bertz CT molecular complexity index is 509. The molecule has 0 N–H and O–H groups in total. The Morgan fingerprint density at radius 2 is 2.14 bits per heavy atom. The number of amides is 1. The molecule has 3 nitrogen and oxygen atoms in total. The van der Waals surface area contributed by atoms with E-state index in [9.17, 15) is 4.79 Å². The second-order valence-electron chi connectivity index (χ2n) is 5.01. The molecule has 1 heterocycles. The van der Waals surface area contributed by atoms with E-state index < -0.39 is 0 Å². The van der Waals surface area contributed by atoms with Crippen molar-refractivity contribution in [2.75, 3.05) is 6.54 Å². The highest BCUT2D eigenvalue weighted by atomic mass is 16.1. The summed E-state index contributed by atoms with van der Waals surface area (Å²) in [4.78, 5) is 13.0. The van der Waals surface area contributed by atoms with E-state index >= 15 is 0 Å². The summed E-state index contributed by atoms with van der Waals surface area (Å²) < 4.78 is 2.08. The van der Waals surface area contributed by atoms with E-state index in [1.54, 1.807) is 4.90 Å². The Balaban J connectivity index is 2.95. The average molecular weight is 286 g/mol. The summed E-state index contributed by atoms with van der Waals surface area (Å²) in [7, 11) is 0. The molecule has 3 heteroatoms. The lowest BCUT2D eigenvalue weighted by Gasteiger charge is -2.15. The number of aromatic nitrogens is 1. The van der Waals surface area contributed by atoms with Gasteiger partial charge in [-0.05, 0) is 38.5 Å². The summed E-state index contributed by atoms with van der Waals surface area (Å²) in [5, 5.41) is 0. The molecule has 1 amide bonds. The van der Waals surface area contributed by atoms with Gasteiger partial charge >= 0.3 is 0 Å². The number of rotatable bonds is 9. The van der Waals surface area contributed by atoms with Crippen LogP contribution in [0.1, 0.15) is 38.8 Å². The van der Waals surface area contributed by atoms with E-state index in [-0.39, 0.29) is 0 Å². The van der Waals surface area contributed by atoms with Crippen molar-refractivity contribution in [1.82, 2.24) is 9.47 Å². The van der Waals surface area contributed by atoms with Crippen LogP contribution in [0.15, 0.2) is 48.8 Å². The first-order chi connectivity index (χ1) is 10.2. The zero-order valence-corrected chi connectivity index (χ0v) is 13.3. The molecule has 0 spiro atoms. The lowest BCUT2D eigenvalue weighted by Crippen LogP contribution is -2.17. The maximum atomic E-state index is 11.3. The van der Waals surface area contributed by atoms with Crippen molar-refractivity contribution in [3.8, 4) is 0 Å². The molecule has 0 saturated carbocycles. The van der Waals surface area contributed by atoms with Crippen molar-refractivity contribution in [1.29, 1.82) is 0 Å². The zero-order chi connectivity index (χ0) is 15.5. The third kappa shape index (κ3) is 5.86. The molecular weight excluding hydrogens is 260 g/mol. The number of hydrogen-bond acceptors (Lipinski definition) is 1. The molecule has 114 valence electrons. The van der Waals surface area contributed by atoms with Gasteiger partial charge < -0.3 is 9.47 Å². The monoisotopic (exact) mass is 286 g/mol. The molecule has 21 heavy (non-hydrogen) atoms. The van der Waals surface area contributed by atoms with E-state index in [2.05, 4.69) is 24.5 Å². The van der Waals surface area contributed by atoms with Gasteiger partial charge in [-0.15, -0.1) is 0 Å². The minimum atomic E-state index is 0.763. The van der Waals surface area contributed by atoms with Gasteiger partial charge in [-0.1, -0.05) is 38.0 Å². The number of nitrogens with zero attached hydrogens (tertiary/aromatic N) is 2. The van der Waals surface area contributed by atoms with E-state index in [0.29, 0.717) is 0 Å². The van der Waals surface area contributed by atoms with Crippen LogP contribution in [-0.4, -0.2) is 22.4 Å². The maximum absolute atomic E-state index is 11.3. The van der Waals surface area contributed by atoms with Crippen LogP contribution in [-0.2, 0) is 4.79 Å². The van der Waals surface area contributed by atoms with Crippen LogP contribution in [0, 0.1) is 6.92 Å².